The Kier molecular flexibility index (Phi) is 3.80. The van der Waals surface area contributed by atoms with Gasteiger partial charge in [0.25, 0.3) is 0 Å². The van der Waals surface area contributed by atoms with Gasteiger partial charge in [0.15, 0.2) is 5.78 Å². The lowest BCUT2D eigenvalue weighted by Crippen LogP contribution is -2.20. The predicted octanol–water partition coefficient (Wildman–Crippen LogP) is 3.00. The Morgan fingerprint density at radius 2 is 2.00 bits per heavy atom. The minimum absolute atomic E-state index is 0.313. The number of carbonyl (C=O) groups is 1. The van der Waals surface area contributed by atoms with Crippen LogP contribution in [0.4, 0.5) is 13.2 Å². The maximum absolute atomic E-state index is 11.9. The lowest BCUT2D eigenvalue weighted by atomic mass is 10.1. The SMILES string of the molecule is O=C(COCC(F)(F)F)c1cccc2ncccc12. The molecule has 0 saturated carbocycles. The first kappa shape index (κ1) is 13.5. The summed E-state index contributed by atoms with van der Waals surface area (Å²) in [6.07, 6.45) is -2.85. The molecule has 6 heteroatoms. The molecule has 2 rings (SSSR count). The molecule has 0 bridgehead atoms. The molecule has 0 N–H and O–H groups in total. The maximum Gasteiger partial charge on any atom is 0.411 e. The minimum Gasteiger partial charge on any atom is -0.364 e. The molecule has 3 nitrogen and oxygen atoms in total. The number of carbonyl (C=O) groups excluding carboxylic acids is 1. The summed E-state index contributed by atoms with van der Waals surface area (Å²) in [4.78, 5) is 15.9. The van der Waals surface area contributed by atoms with E-state index in [4.69, 9.17) is 0 Å². The molecule has 0 radical (unpaired) electrons. The fourth-order valence-corrected chi connectivity index (χ4v) is 1.68. The Labute approximate surface area is 107 Å². The molecular formula is C13H10F3NO2. The number of halogens is 3. The van der Waals surface area contributed by atoms with Crippen LogP contribution in [0.1, 0.15) is 10.4 Å². The molecule has 1 aromatic carbocycles. The number of hydrogen-bond donors (Lipinski definition) is 0. The summed E-state index contributed by atoms with van der Waals surface area (Å²) in [6, 6.07) is 8.26. The molecule has 2 aromatic rings. The van der Waals surface area contributed by atoms with Gasteiger partial charge in [-0.1, -0.05) is 18.2 Å². The van der Waals surface area contributed by atoms with Gasteiger partial charge in [-0.15, -0.1) is 0 Å². The highest BCUT2D eigenvalue weighted by molar-refractivity contribution is 6.07. The van der Waals surface area contributed by atoms with Gasteiger partial charge in [0.05, 0.1) is 5.52 Å². The molecule has 0 saturated heterocycles. The normalized spacial score (nSPS) is 11.7. The van der Waals surface area contributed by atoms with Crippen molar-refractivity contribution in [3.05, 3.63) is 42.1 Å². The van der Waals surface area contributed by atoms with Gasteiger partial charge in [0, 0.05) is 17.1 Å². The Morgan fingerprint density at radius 3 is 2.74 bits per heavy atom. The van der Waals surface area contributed by atoms with Crippen molar-refractivity contribution in [3.63, 3.8) is 0 Å². The number of ether oxygens (including phenoxy) is 1. The number of fused-ring (bicyclic) bond motifs is 1. The zero-order valence-corrected chi connectivity index (χ0v) is 9.78. The van der Waals surface area contributed by atoms with Crippen LogP contribution in [0.3, 0.4) is 0 Å². The van der Waals surface area contributed by atoms with Crippen molar-refractivity contribution in [1.29, 1.82) is 0 Å². The summed E-state index contributed by atoms with van der Waals surface area (Å²) in [5.41, 5.74) is 0.928. The number of Topliss-reactive ketones (excluding diaryl/α,β-unsaturated/α-hetero) is 1. The van der Waals surface area contributed by atoms with E-state index in [-0.39, 0.29) is 0 Å². The van der Waals surface area contributed by atoms with Crippen LogP contribution in [-0.2, 0) is 4.74 Å². The van der Waals surface area contributed by atoms with Gasteiger partial charge in [-0.25, -0.2) is 0 Å². The van der Waals surface area contributed by atoms with Crippen molar-refractivity contribution < 1.29 is 22.7 Å². The van der Waals surface area contributed by atoms with E-state index in [9.17, 15) is 18.0 Å². The van der Waals surface area contributed by atoms with E-state index in [1.165, 1.54) is 0 Å². The van der Waals surface area contributed by atoms with Gasteiger partial charge >= 0.3 is 6.18 Å². The number of rotatable bonds is 4. The highest BCUT2D eigenvalue weighted by Gasteiger charge is 2.28. The van der Waals surface area contributed by atoms with Crippen molar-refractivity contribution in [1.82, 2.24) is 4.98 Å². The highest BCUT2D eigenvalue weighted by atomic mass is 19.4. The zero-order valence-electron chi connectivity index (χ0n) is 9.78. The molecule has 19 heavy (non-hydrogen) atoms. The lowest BCUT2D eigenvalue weighted by Gasteiger charge is -2.08. The first-order valence-electron chi connectivity index (χ1n) is 5.49. The summed E-state index contributed by atoms with van der Waals surface area (Å²) < 4.78 is 40.1. The molecule has 1 heterocycles. The molecule has 1 aromatic heterocycles. The van der Waals surface area contributed by atoms with Gasteiger partial charge in [-0.3, -0.25) is 9.78 Å². The first-order valence-corrected chi connectivity index (χ1v) is 5.49. The van der Waals surface area contributed by atoms with Gasteiger partial charge in [-0.05, 0) is 12.1 Å². The molecular weight excluding hydrogens is 259 g/mol. The molecule has 0 fully saturated rings. The third-order valence-electron chi connectivity index (χ3n) is 2.44. The summed E-state index contributed by atoms with van der Waals surface area (Å²) in [5.74, 6) is -0.497. The Hall–Kier alpha value is -1.95. The topological polar surface area (TPSA) is 39.2 Å². The highest BCUT2D eigenvalue weighted by Crippen LogP contribution is 2.18. The van der Waals surface area contributed by atoms with E-state index >= 15 is 0 Å². The second-order valence-electron chi connectivity index (χ2n) is 3.91. The summed E-state index contributed by atoms with van der Waals surface area (Å²) in [6.45, 7) is -2.03. The van der Waals surface area contributed by atoms with Crippen LogP contribution in [0.15, 0.2) is 36.5 Å². The van der Waals surface area contributed by atoms with Crippen LogP contribution < -0.4 is 0 Å². The van der Waals surface area contributed by atoms with Crippen LogP contribution in [0.5, 0.6) is 0 Å². The lowest BCUT2D eigenvalue weighted by molar-refractivity contribution is -0.170. The third kappa shape index (κ3) is 3.51. The monoisotopic (exact) mass is 269 g/mol. The Morgan fingerprint density at radius 1 is 1.21 bits per heavy atom. The van der Waals surface area contributed by atoms with E-state index in [1.807, 2.05) is 0 Å². The predicted molar refractivity (Wildman–Crippen MR) is 62.9 cm³/mol. The molecule has 0 aliphatic carbocycles. The molecule has 0 atom stereocenters. The molecule has 100 valence electrons. The number of benzene rings is 1. The van der Waals surface area contributed by atoms with Crippen LogP contribution in [0, 0.1) is 0 Å². The van der Waals surface area contributed by atoms with Crippen LogP contribution in [-0.4, -0.2) is 30.2 Å². The van der Waals surface area contributed by atoms with Gasteiger partial charge in [0.2, 0.25) is 0 Å². The number of pyridine rings is 1. The smallest absolute Gasteiger partial charge is 0.364 e. The van der Waals surface area contributed by atoms with E-state index in [1.54, 1.807) is 36.5 Å². The summed E-state index contributed by atoms with van der Waals surface area (Å²) in [7, 11) is 0. The molecule has 0 unspecified atom stereocenters. The van der Waals surface area contributed by atoms with Crippen molar-refractivity contribution >= 4 is 16.7 Å². The maximum atomic E-state index is 11.9. The van der Waals surface area contributed by atoms with E-state index < -0.39 is 25.2 Å². The van der Waals surface area contributed by atoms with E-state index in [0.717, 1.165) is 0 Å². The summed E-state index contributed by atoms with van der Waals surface area (Å²) in [5, 5.41) is 0.602. The number of aromatic nitrogens is 1. The third-order valence-corrected chi connectivity index (χ3v) is 2.44. The zero-order chi connectivity index (χ0) is 13.9. The summed E-state index contributed by atoms with van der Waals surface area (Å²) >= 11 is 0. The van der Waals surface area contributed by atoms with Crippen molar-refractivity contribution in [3.8, 4) is 0 Å². The van der Waals surface area contributed by atoms with E-state index in [0.29, 0.717) is 16.5 Å². The Balaban J connectivity index is 2.14. The van der Waals surface area contributed by atoms with Crippen molar-refractivity contribution in [2.24, 2.45) is 0 Å². The fraction of sp³-hybridized carbons (Fsp3) is 0.231. The van der Waals surface area contributed by atoms with Gasteiger partial charge in [-0.2, -0.15) is 13.2 Å². The molecule has 0 aliphatic heterocycles. The quantitative estimate of drug-likeness (QED) is 0.801. The Bertz CT molecular complexity index is 590. The van der Waals surface area contributed by atoms with Crippen LogP contribution in [0.2, 0.25) is 0 Å². The number of alkyl halides is 3. The van der Waals surface area contributed by atoms with E-state index in [2.05, 4.69) is 9.72 Å². The van der Waals surface area contributed by atoms with Crippen LogP contribution in [0.25, 0.3) is 10.9 Å². The second kappa shape index (κ2) is 5.36. The van der Waals surface area contributed by atoms with Crippen molar-refractivity contribution in [2.75, 3.05) is 13.2 Å². The molecule has 0 spiro atoms. The average molecular weight is 269 g/mol. The number of hydrogen-bond acceptors (Lipinski definition) is 3. The minimum atomic E-state index is -4.43. The van der Waals surface area contributed by atoms with Crippen molar-refractivity contribution in [2.45, 2.75) is 6.18 Å². The number of nitrogens with zero attached hydrogens (tertiary/aromatic N) is 1. The standard InChI is InChI=1S/C13H10F3NO2/c14-13(15,16)8-19-7-12(18)10-3-1-5-11-9(10)4-2-6-17-11/h1-6H,7-8H2. The van der Waals surface area contributed by atoms with Crippen LogP contribution >= 0.6 is 0 Å². The largest absolute Gasteiger partial charge is 0.411 e. The average Bonchev–Trinajstić information content (AvgIpc) is 2.36. The molecule has 0 aliphatic rings. The first-order chi connectivity index (χ1) is 8.97. The molecule has 0 amide bonds. The van der Waals surface area contributed by atoms with Gasteiger partial charge in [0.1, 0.15) is 13.2 Å². The fourth-order valence-electron chi connectivity index (χ4n) is 1.68. The second-order valence-corrected chi connectivity index (χ2v) is 3.91. The van der Waals surface area contributed by atoms with Gasteiger partial charge < -0.3 is 4.74 Å². The number of ketones is 1.